The van der Waals surface area contributed by atoms with Crippen LogP contribution in [0.2, 0.25) is 0 Å². The van der Waals surface area contributed by atoms with Crippen molar-refractivity contribution in [1.29, 1.82) is 0 Å². The van der Waals surface area contributed by atoms with Gasteiger partial charge in [-0.2, -0.15) is 0 Å². The Balaban J connectivity index is 2.09. The molecule has 0 saturated heterocycles. The van der Waals surface area contributed by atoms with Crippen molar-refractivity contribution in [2.24, 2.45) is 5.92 Å². The number of hydrogen-bond acceptors (Lipinski definition) is 5. The molecule has 2 aromatic rings. The normalized spacial score (nSPS) is 11.7. The molecule has 0 aliphatic heterocycles. The van der Waals surface area contributed by atoms with Crippen LogP contribution < -0.4 is 14.8 Å². The third-order valence-electron chi connectivity index (χ3n) is 3.95. The minimum atomic E-state index is -0.500. The van der Waals surface area contributed by atoms with E-state index >= 15 is 0 Å². The molecule has 2 aromatic carbocycles. The predicted molar refractivity (Wildman–Crippen MR) is 102 cm³/mol. The summed E-state index contributed by atoms with van der Waals surface area (Å²) in [6.45, 7) is 6.57. The second-order valence-electron chi connectivity index (χ2n) is 6.61. The van der Waals surface area contributed by atoms with Crippen LogP contribution in [0.25, 0.3) is 0 Å². The molecule has 0 bridgehead atoms. The Morgan fingerprint density at radius 2 is 1.78 bits per heavy atom. The molecule has 0 spiro atoms. The molecule has 0 heterocycles. The average Bonchev–Trinajstić information content (AvgIpc) is 2.66. The average molecular weight is 372 g/mol. The summed E-state index contributed by atoms with van der Waals surface area (Å²) in [6.07, 6.45) is 0. The summed E-state index contributed by atoms with van der Waals surface area (Å²) in [5, 5.41) is 13.6. The van der Waals surface area contributed by atoms with Gasteiger partial charge in [-0.3, -0.25) is 14.9 Å². The maximum absolute atomic E-state index is 12.4. The van der Waals surface area contributed by atoms with E-state index in [4.69, 9.17) is 9.47 Å². The number of nitrogens with one attached hydrogen (secondary N) is 1. The Bertz CT molecular complexity index is 803. The van der Waals surface area contributed by atoms with Gasteiger partial charge in [0.15, 0.2) is 11.5 Å². The van der Waals surface area contributed by atoms with Crippen LogP contribution in [0.15, 0.2) is 42.5 Å². The number of amides is 1. The first-order valence-electron chi connectivity index (χ1n) is 8.68. The third kappa shape index (κ3) is 5.44. The number of nitrogens with zero attached hydrogens (tertiary/aromatic N) is 1. The third-order valence-corrected chi connectivity index (χ3v) is 3.95. The van der Waals surface area contributed by atoms with Gasteiger partial charge in [-0.1, -0.05) is 19.9 Å². The Hall–Kier alpha value is -3.09. The topological polar surface area (TPSA) is 90.7 Å². The molecule has 0 radical (unpaired) electrons. The first-order valence-corrected chi connectivity index (χ1v) is 8.68. The lowest BCUT2D eigenvalue weighted by Gasteiger charge is -2.18. The molecule has 0 aromatic heterocycles. The van der Waals surface area contributed by atoms with E-state index in [9.17, 15) is 14.9 Å². The molecule has 1 amide bonds. The SMILES string of the molecule is COc1cc(C(C)NC(=O)c2ccc([N+](=O)[O-])cc2)ccc1OCC(C)C. The fourth-order valence-corrected chi connectivity index (χ4v) is 2.43. The Morgan fingerprint density at radius 1 is 1.11 bits per heavy atom. The lowest BCUT2D eigenvalue weighted by molar-refractivity contribution is -0.384. The van der Waals surface area contributed by atoms with Crippen molar-refractivity contribution in [3.05, 3.63) is 63.7 Å². The van der Waals surface area contributed by atoms with Gasteiger partial charge in [-0.25, -0.2) is 0 Å². The van der Waals surface area contributed by atoms with Crippen molar-refractivity contribution in [3.63, 3.8) is 0 Å². The van der Waals surface area contributed by atoms with Gasteiger partial charge in [0.25, 0.3) is 11.6 Å². The van der Waals surface area contributed by atoms with Gasteiger partial charge in [-0.05, 0) is 42.7 Å². The summed E-state index contributed by atoms with van der Waals surface area (Å²) in [5.41, 5.74) is 1.16. The highest BCUT2D eigenvalue weighted by molar-refractivity contribution is 5.94. The number of methoxy groups -OCH3 is 1. The Morgan fingerprint density at radius 3 is 2.33 bits per heavy atom. The number of carbonyl (C=O) groups excluding carboxylic acids is 1. The molecule has 0 aliphatic rings. The minimum Gasteiger partial charge on any atom is -0.493 e. The van der Waals surface area contributed by atoms with Gasteiger partial charge in [0, 0.05) is 17.7 Å². The molecule has 0 aliphatic carbocycles. The van der Waals surface area contributed by atoms with Gasteiger partial charge in [0.2, 0.25) is 0 Å². The van der Waals surface area contributed by atoms with Gasteiger partial charge < -0.3 is 14.8 Å². The van der Waals surface area contributed by atoms with Crippen LogP contribution in [0.4, 0.5) is 5.69 Å². The van der Waals surface area contributed by atoms with Crippen molar-refractivity contribution >= 4 is 11.6 Å². The van der Waals surface area contributed by atoms with Crippen molar-refractivity contribution in [3.8, 4) is 11.5 Å². The van der Waals surface area contributed by atoms with Crippen LogP contribution in [0, 0.1) is 16.0 Å². The molecule has 144 valence electrons. The number of ether oxygens (including phenoxy) is 2. The fraction of sp³-hybridized carbons (Fsp3) is 0.350. The number of non-ortho nitro benzene ring substituents is 1. The fourth-order valence-electron chi connectivity index (χ4n) is 2.43. The summed E-state index contributed by atoms with van der Waals surface area (Å²) in [7, 11) is 1.57. The number of nitro benzene ring substituents is 1. The number of carbonyl (C=O) groups is 1. The van der Waals surface area contributed by atoms with E-state index in [1.54, 1.807) is 7.11 Å². The molecular formula is C20H24N2O5. The molecule has 27 heavy (non-hydrogen) atoms. The van der Waals surface area contributed by atoms with Crippen molar-refractivity contribution in [1.82, 2.24) is 5.32 Å². The zero-order valence-electron chi connectivity index (χ0n) is 15.9. The van der Waals surface area contributed by atoms with E-state index in [1.165, 1.54) is 24.3 Å². The number of nitro groups is 1. The Labute approximate surface area is 158 Å². The number of rotatable bonds is 8. The standard InChI is InChI=1S/C20H24N2O5/c1-13(2)12-27-18-10-7-16(11-19(18)26-4)14(3)21-20(23)15-5-8-17(9-6-15)22(24)25/h5-11,13-14H,12H2,1-4H3,(H,21,23). The second-order valence-corrected chi connectivity index (χ2v) is 6.61. The number of benzene rings is 2. The van der Waals surface area contributed by atoms with Crippen LogP contribution in [0.1, 0.15) is 42.7 Å². The molecule has 1 atom stereocenters. The van der Waals surface area contributed by atoms with E-state index < -0.39 is 4.92 Å². The molecule has 0 fully saturated rings. The molecule has 7 nitrogen and oxygen atoms in total. The Kier molecular flexibility index (Phi) is 6.76. The highest BCUT2D eigenvalue weighted by Crippen LogP contribution is 2.30. The van der Waals surface area contributed by atoms with E-state index in [-0.39, 0.29) is 17.6 Å². The van der Waals surface area contributed by atoms with Gasteiger partial charge in [-0.15, -0.1) is 0 Å². The summed E-state index contributed by atoms with van der Waals surface area (Å²) >= 11 is 0. The monoisotopic (exact) mass is 372 g/mol. The quantitative estimate of drug-likeness (QED) is 0.556. The van der Waals surface area contributed by atoms with Gasteiger partial charge in [0.1, 0.15) is 0 Å². The van der Waals surface area contributed by atoms with Crippen molar-refractivity contribution < 1.29 is 19.2 Å². The zero-order valence-corrected chi connectivity index (χ0v) is 15.9. The van der Waals surface area contributed by atoms with Crippen LogP contribution in [-0.4, -0.2) is 24.5 Å². The summed E-state index contributed by atoms with van der Waals surface area (Å²) in [6, 6.07) is 10.7. The summed E-state index contributed by atoms with van der Waals surface area (Å²) in [4.78, 5) is 22.6. The van der Waals surface area contributed by atoms with E-state index in [2.05, 4.69) is 19.2 Å². The second kappa shape index (κ2) is 9.02. The predicted octanol–water partition coefficient (Wildman–Crippen LogP) is 4.13. The number of hydrogen-bond donors (Lipinski definition) is 1. The van der Waals surface area contributed by atoms with E-state index in [1.807, 2.05) is 25.1 Å². The molecule has 1 unspecified atom stereocenters. The highest BCUT2D eigenvalue weighted by Gasteiger charge is 2.15. The maximum Gasteiger partial charge on any atom is 0.269 e. The lowest BCUT2D eigenvalue weighted by atomic mass is 10.1. The highest BCUT2D eigenvalue weighted by atomic mass is 16.6. The summed E-state index contributed by atoms with van der Waals surface area (Å²) < 4.78 is 11.1. The molecule has 7 heteroatoms. The van der Waals surface area contributed by atoms with Crippen LogP contribution in [0.3, 0.4) is 0 Å². The molecule has 1 N–H and O–H groups in total. The smallest absolute Gasteiger partial charge is 0.269 e. The molecular weight excluding hydrogens is 348 g/mol. The summed E-state index contributed by atoms with van der Waals surface area (Å²) in [5.74, 6) is 1.35. The van der Waals surface area contributed by atoms with Gasteiger partial charge in [0.05, 0.1) is 24.7 Å². The van der Waals surface area contributed by atoms with E-state index in [0.29, 0.717) is 29.6 Å². The largest absolute Gasteiger partial charge is 0.493 e. The van der Waals surface area contributed by atoms with Crippen molar-refractivity contribution in [2.75, 3.05) is 13.7 Å². The lowest BCUT2D eigenvalue weighted by Crippen LogP contribution is -2.26. The molecule has 2 rings (SSSR count). The van der Waals surface area contributed by atoms with Crippen LogP contribution >= 0.6 is 0 Å². The zero-order chi connectivity index (χ0) is 20.0. The van der Waals surface area contributed by atoms with Crippen LogP contribution in [-0.2, 0) is 0 Å². The van der Waals surface area contributed by atoms with Crippen molar-refractivity contribution in [2.45, 2.75) is 26.8 Å². The first-order chi connectivity index (χ1) is 12.8. The van der Waals surface area contributed by atoms with E-state index in [0.717, 1.165) is 5.56 Å². The van der Waals surface area contributed by atoms with Crippen LogP contribution in [0.5, 0.6) is 11.5 Å². The maximum atomic E-state index is 12.4. The first kappa shape index (κ1) is 20.2. The van der Waals surface area contributed by atoms with Gasteiger partial charge >= 0.3 is 0 Å². The molecule has 0 saturated carbocycles. The minimum absolute atomic E-state index is 0.0543.